The molecule has 0 bridgehead atoms. The van der Waals surface area contributed by atoms with Gasteiger partial charge in [0.1, 0.15) is 0 Å². The molecular weight excluding hydrogens is 330 g/mol. The van der Waals surface area contributed by atoms with Crippen LogP contribution in [0.25, 0.3) is 10.8 Å². The summed E-state index contributed by atoms with van der Waals surface area (Å²) in [6, 6.07) is 20.4. The zero-order valence-corrected chi connectivity index (χ0v) is 14.4. The molecule has 5 nitrogen and oxygen atoms in total. The van der Waals surface area contributed by atoms with Crippen molar-refractivity contribution >= 4 is 28.3 Å². The molecule has 0 atom stereocenters. The number of hydrogen-bond acceptors (Lipinski definition) is 4. The fraction of sp³-hybridized carbons (Fsp3) is 0.143. The number of benzene rings is 3. The van der Waals surface area contributed by atoms with E-state index in [1.165, 1.54) is 0 Å². The summed E-state index contributed by atoms with van der Waals surface area (Å²) in [6.07, 6.45) is 0. The summed E-state index contributed by atoms with van der Waals surface area (Å²) in [5.41, 5.74) is 1.91. The molecule has 0 aliphatic rings. The zero-order valence-electron chi connectivity index (χ0n) is 14.4. The number of nitrogens with one attached hydrogen (secondary N) is 1. The number of fused-ring (bicyclic) bond motifs is 1. The third-order valence-electron chi connectivity index (χ3n) is 3.84. The number of esters is 1. The maximum Gasteiger partial charge on any atom is 0.338 e. The molecule has 0 saturated heterocycles. The first-order valence-corrected chi connectivity index (χ1v) is 8.19. The Morgan fingerprint density at radius 2 is 1.73 bits per heavy atom. The monoisotopic (exact) mass is 349 g/mol. The molecule has 26 heavy (non-hydrogen) atoms. The molecule has 132 valence electrons. The summed E-state index contributed by atoms with van der Waals surface area (Å²) in [4.78, 5) is 24.1. The number of hydrogen-bond donors (Lipinski definition) is 1. The van der Waals surface area contributed by atoms with E-state index in [1.54, 1.807) is 25.3 Å². The lowest BCUT2D eigenvalue weighted by molar-refractivity contribution is -0.119. The molecule has 0 aliphatic heterocycles. The predicted molar refractivity (Wildman–Crippen MR) is 100 cm³/mol. The number of ether oxygens (including phenoxy) is 2. The summed E-state index contributed by atoms with van der Waals surface area (Å²) < 4.78 is 10.1. The third kappa shape index (κ3) is 4.46. The van der Waals surface area contributed by atoms with Crippen LogP contribution in [0.15, 0.2) is 66.7 Å². The summed E-state index contributed by atoms with van der Waals surface area (Å²) in [5, 5.41) is 4.85. The molecule has 1 amide bonds. The van der Waals surface area contributed by atoms with Crippen LogP contribution in [0.4, 0.5) is 5.69 Å². The third-order valence-corrected chi connectivity index (χ3v) is 3.84. The maximum absolute atomic E-state index is 12.1. The van der Waals surface area contributed by atoms with Crippen LogP contribution in [-0.4, -0.2) is 25.6 Å². The molecule has 3 aromatic rings. The fourth-order valence-corrected chi connectivity index (χ4v) is 2.63. The van der Waals surface area contributed by atoms with Crippen molar-refractivity contribution in [2.24, 2.45) is 0 Å². The molecule has 3 aromatic carbocycles. The predicted octanol–water partition coefficient (Wildman–Crippen LogP) is 3.78. The van der Waals surface area contributed by atoms with E-state index >= 15 is 0 Å². The van der Waals surface area contributed by atoms with Crippen molar-refractivity contribution < 1.29 is 19.1 Å². The summed E-state index contributed by atoms with van der Waals surface area (Å²) >= 11 is 0. The minimum Gasteiger partial charge on any atom is -0.452 e. The second-order valence-corrected chi connectivity index (χ2v) is 5.82. The second kappa shape index (κ2) is 8.27. The van der Waals surface area contributed by atoms with Crippen molar-refractivity contribution in [3.05, 3.63) is 77.9 Å². The SMILES string of the molecule is COCc1cccc(C(=O)OCC(=O)Nc2ccc3ccccc3c2)c1. The van der Waals surface area contributed by atoms with Gasteiger partial charge in [-0.05, 0) is 40.6 Å². The van der Waals surface area contributed by atoms with Gasteiger partial charge >= 0.3 is 5.97 Å². The van der Waals surface area contributed by atoms with Crippen molar-refractivity contribution in [3.63, 3.8) is 0 Å². The van der Waals surface area contributed by atoms with E-state index in [-0.39, 0.29) is 12.5 Å². The Labute approximate surface area is 151 Å². The van der Waals surface area contributed by atoms with Crippen molar-refractivity contribution in [2.45, 2.75) is 6.61 Å². The topological polar surface area (TPSA) is 64.6 Å². The van der Waals surface area contributed by atoms with Crippen LogP contribution in [0.5, 0.6) is 0 Å². The van der Waals surface area contributed by atoms with Crippen molar-refractivity contribution in [2.75, 3.05) is 19.0 Å². The fourth-order valence-electron chi connectivity index (χ4n) is 2.63. The highest BCUT2D eigenvalue weighted by Gasteiger charge is 2.11. The summed E-state index contributed by atoms with van der Waals surface area (Å²) in [7, 11) is 1.59. The first-order valence-electron chi connectivity index (χ1n) is 8.19. The normalized spacial score (nSPS) is 10.5. The molecule has 0 unspecified atom stereocenters. The van der Waals surface area contributed by atoms with Gasteiger partial charge in [0.05, 0.1) is 12.2 Å². The highest BCUT2D eigenvalue weighted by molar-refractivity contribution is 5.97. The Balaban J connectivity index is 1.57. The Morgan fingerprint density at radius 3 is 2.54 bits per heavy atom. The van der Waals surface area contributed by atoms with Gasteiger partial charge < -0.3 is 14.8 Å². The molecule has 1 N–H and O–H groups in total. The van der Waals surface area contributed by atoms with Gasteiger partial charge in [-0.25, -0.2) is 4.79 Å². The van der Waals surface area contributed by atoms with Gasteiger partial charge in [0.2, 0.25) is 0 Å². The molecular formula is C21H19NO4. The smallest absolute Gasteiger partial charge is 0.338 e. The molecule has 0 spiro atoms. The molecule has 5 heteroatoms. The van der Waals surface area contributed by atoms with E-state index in [1.807, 2.05) is 48.5 Å². The second-order valence-electron chi connectivity index (χ2n) is 5.82. The van der Waals surface area contributed by atoms with Gasteiger partial charge in [-0.3, -0.25) is 4.79 Å². The van der Waals surface area contributed by atoms with Gasteiger partial charge in [0.25, 0.3) is 5.91 Å². The van der Waals surface area contributed by atoms with Gasteiger partial charge in [-0.1, -0.05) is 42.5 Å². The number of rotatable bonds is 6. The van der Waals surface area contributed by atoms with Crippen molar-refractivity contribution in [3.8, 4) is 0 Å². The van der Waals surface area contributed by atoms with Crippen LogP contribution in [0, 0.1) is 0 Å². The summed E-state index contributed by atoms with van der Waals surface area (Å²) in [5.74, 6) is -0.932. The van der Waals surface area contributed by atoms with E-state index in [4.69, 9.17) is 9.47 Å². The summed E-state index contributed by atoms with van der Waals surface area (Å²) in [6.45, 7) is 0.0593. The average Bonchev–Trinajstić information content (AvgIpc) is 2.66. The highest BCUT2D eigenvalue weighted by Crippen LogP contribution is 2.18. The Morgan fingerprint density at radius 1 is 0.923 bits per heavy atom. The molecule has 0 radical (unpaired) electrons. The first-order chi connectivity index (χ1) is 12.7. The Kier molecular flexibility index (Phi) is 5.61. The lowest BCUT2D eigenvalue weighted by atomic mass is 10.1. The van der Waals surface area contributed by atoms with Gasteiger partial charge in [-0.2, -0.15) is 0 Å². The molecule has 0 heterocycles. The Hall–Kier alpha value is -3.18. The van der Waals surface area contributed by atoms with Crippen LogP contribution in [0.2, 0.25) is 0 Å². The van der Waals surface area contributed by atoms with Crippen LogP contribution < -0.4 is 5.32 Å². The van der Waals surface area contributed by atoms with Crippen LogP contribution in [0.1, 0.15) is 15.9 Å². The van der Waals surface area contributed by atoms with Gasteiger partial charge in [0.15, 0.2) is 6.61 Å². The number of anilines is 1. The van der Waals surface area contributed by atoms with E-state index in [0.29, 0.717) is 17.9 Å². The van der Waals surface area contributed by atoms with Crippen LogP contribution in [0.3, 0.4) is 0 Å². The first kappa shape index (κ1) is 17.6. The largest absolute Gasteiger partial charge is 0.452 e. The minimum absolute atomic E-state index is 0.347. The lowest BCUT2D eigenvalue weighted by Gasteiger charge is -2.08. The van der Waals surface area contributed by atoms with E-state index in [9.17, 15) is 9.59 Å². The van der Waals surface area contributed by atoms with Gasteiger partial charge in [-0.15, -0.1) is 0 Å². The maximum atomic E-state index is 12.1. The lowest BCUT2D eigenvalue weighted by Crippen LogP contribution is -2.21. The molecule has 0 aliphatic carbocycles. The average molecular weight is 349 g/mol. The van der Waals surface area contributed by atoms with Crippen molar-refractivity contribution in [1.82, 2.24) is 0 Å². The van der Waals surface area contributed by atoms with E-state index in [0.717, 1.165) is 16.3 Å². The molecule has 0 aromatic heterocycles. The quantitative estimate of drug-likeness (QED) is 0.688. The minimum atomic E-state index is -0.545. The van der Waals surface area contributed by atoms with Gasteiger partial charge in [0, 0.05) is 12.8 Å². The number of carbonyl (C=O) groups excluding carboxylic acids is 2. The molecule has 0 fully saturated rings. The van der Waals surface area contributed by atoms with Crippen molar-refractivity contribution in [1.29, 1.82) is 0 Å². The van der Waals surface area contributed by atoms with Crippen LogP contribution >= 0.6 is 0 Å². The number of carbonyl (C=O) groups is 2. The standard InChI is InChI=1S/C21H19NO4/c1-25-13-15-5-4-8-18(11-15)21(24)26-14-20(23)22-19-10-9-16-6-2-3-7-17(16)12-19/h2-12H,13-14H2,1H3,(H,22,23). The molecule has 0 saturated carbocycles. The number of amides is 1. The Bertz CT molecular complexity index is 936. The van der Waals surface area contributed by atoms with E-state index in [2.05, 4.69) is 5.32 Å². The van der Waals surface area contributed by atoms with E-state index < -0.39 is 5.97 Å². The highest BCUT2D eigenvalue weighted by atomic mass is 16.5. The molecule has 3 rings (SSSR count). The zero-order chi connectivity index (χ0) is 18.4. The van der Waals surface area contributed by atoms with Crippen LogP contribution in [-0.2, 0) is 20.9 Å². The number of methoxy groups -OCH3 is 1.